The van der Waals surface area contributed by atoms with Gasteiger partial charge in [-0.05, 0) is 60.5 Å². The molecule has 2 rings (SSSR count). The van der Waals surface area contributed by atoms with Gasteiger partial charge < -0.3 is 19.5 Å². The number of nitrogens with zero attached hydrogens (tertiary/aromatic N) is 3. The number of hydrogen-bond donors (Lipinski definition) is 1. The van der Waals surface area contributed by atoms with Gasteiger partial charge in [0.25, 0.3) is 0 Å². The van der Waals surface area contributed by atoms with E-state index in [0.717, 1.165) is 49.7 Å². The van der Waals surface area contributed by atoms with Crippen LogP contribution in [-0.4, -0.2) is 48.8 Å². The summed E-state index contributed by atoms with van der Waals surface area (Å²) in [6.45, 7) is 8.43. The van der Waals surface area contributed by atoms with Crippen LogP contribution >= 0.6 is 39.9 Å². The number of ether oxygens (including phenoxy) is 1. The van der Waals surface area contributed by atoms with Crippen LogP contribution in [0.15, 0.2) is 21.7 Å². The first-order valence-electron chi connectivity index (χ1n) is 8.87. The zero-order chi connectivity index (χ0) is 17.6. The van der Waals surface area contributed by atoms with Crippen molar-refractivity contribution in [3.63, 3.8) is 0 Å². The SMILES string of the molecule is CCNC(=NCC1(CCOCC)CC1)N(C)Cc1cc(Br)cn1C.I. The highest BCUT2D eigenvalue weighted by molar-refractivity contribution is 14.0. The maximum atomic E-state index is 5.52. The number of aryl methyl sites for hydroxylation is 1. The van der Waals surface area contributed by atoms with E-state index < -0.39 is 0 Å². The predicted molar refractivity (Wildman–Crippen MR) is 119 cm³/mol. The van der Waals surface area contributed by atoms with Gasteiger partial charge in [-0.25, -0.2) is 0 Å². The molecule has 25 heavy (non-hydrogen) atoms. The van der Waals surface area contributed by atoms with Crippen LogP contribution in [0.4, 0.5) is 0 Å². The Bertz CT molecular complexity index is 557. The van der Waals surface area contributed by atoms with Crippen molar-refractivity contribution in [1.82, 2.24) is 14.8 Å². The van der Waals surface area contributed by atoms with Crippen molar-refractivity contribution in [3.8, 4) is 0 Å². The second-order valence-corrected chi connectivity index (χ2v) is 7.65. The quantitative estimate of drug-likeness (QED) is 0.229. The van der Waals surface area contributed by atoms with Crippen LogP contribution in [0.3, 0.4) is 0 Å². The molecule has 0 aliphatic heterocycles. The van der Waals surface area contributed by atoms with E-state index in [9.17, 15) is 0 Å². The lowest BCUT2D eigenvalue weighted by Gasteiger charge is -2.23. The lowest BCUT2D eigenvalue weighted by atomic mass is 10.0. The molecule has 1 aromatic rings. The van der Waals surface area contributed by atoms with Crippen molar-refractivity contribution in [3.05, 3.63) is 22.4 Å². The summed E-state index contributed by atoms with van der Waals surface area (Å²) in [6.07, 6.45) is 5.76. The van der Waals surface area contributed by atoms with Gasteiger partial charge in [0.1, 0.15) is 0 Å². The first-order chi connectivity index (χ1) is 11.5. The Morgan fingerprint density at radius 1 is 1.44 bits per heavy atom. The molecule has 0 spiro atoms. The summed E-state index contributed by atoms with van der Waals surface area (Å²) in [6, 6.07) is 2.16. The Balaban J connectivity index is 0.00000312. The molecule has 1 aliphatic rings. The normalized spacial score (nSPS) is 15.6. The van der Waals surface area contributed by atoms with Crippen LogP contribution in [0.5, 0.6) is 0 Å². The van der Waals surface area contributed by atoms with Crippen molar-refractivity contribution < 1.29 is 4.74 Å². The number of nitrogens with one attached hydrogen (secondary N) is 1. The minimum absolute atomic E-state index is 0. The predicted octanol–water partition coefficient (Wildman–Crippen LogP) is 4.01. The number of rotatable bonds is 9. The molecule has 1 saturated carbocycles. The third-order valence-corrected chi connectivity index (χ3v) is 5.11. The zero-order valence-electron chi connectivity index (χ0n) is 15.8. The number of halogens is 2. The van der Waals surface area contributed by atoms with Crippen LogP contribution in [-0.2, 0) is 18.3 Å². The summed E-state index contributed by atoms with van der Waals surface area (Å²) in [5.74, 6) is 0.984. The topological polar surface area (TPSA) is 41.8 Å². The van der Waals surface area contributed by atoms with E-state index in [1.54, 1.807) is 0 Å². The number of aliphatic imine (C=N–C) groups is 1. The van der Waals surface area contributed by atoms with E-state index in [1.807, 2.05) is 0 Å². The Hall–Kier alpha value is -0.280. The van der Waals surface area contributed by atoms with Crippen molar-refractivity contribution in [1.29, 1.82) is 0 Å². The molecule has 1 fully saturated rings. The lowest BCUT2D eigenvalue weighted by Crippen LogP contribution is -2.39. The van der Waals surface area contributed by atoms with Gasteiger partial charge in [0.05, 0.1) is 6.54 Å². The Morgan fingerprint density at radius 3 is 2.68 bits per heavy atom. The maximum absolute atomic E-state index is 5.52. The van der Waals surface area contributed by atoms with Crippen LogP contribution < -0.4 is 5.32 Å². The van der Waals surface area contributed by atoms with E-state index in [2.05, 4.69) is 70.9 Å². The molecule has 0 saturated heterocycles. The van der Waals surface area contributed by atoms with Crippen LogP contribution in [0.2, 0.25) is 0 Å². The molecule has 1 aliphatic carbocycles. The molecule has 7 heteroatoms. The molecule has 5 nitrogen and oxygen atoms in total. The highest BCUT2D eigenvalue weighted by Crippen LogP contribution is 2.49. The van der Waals surface area contributed by atoms with Gasteiger partial charge in [0.15, 0.2) is 5.96 Å². The van der Waals surface area contributed by atoms with Gasteiger partial charge in [-0.2, -0.15) is 0 Å². The fourth-order valence-corrected chi connectivity index (χ4v) is 3.42. The average molecular weight is 527 g/mol. The third kappa shape index (κ3) is 7.09. The monoisotopic (exact) mass is 526 g/mol. The molecular weight excluding hydrogens is 495 g/mol. The molecule has 1 aromatic heterocycles. The van der Waals surface area contributed by atoms with Gasteiger partial charge in [-0.15, -0.1) is 24.0 Å². The fraction of sp³-hybridized carbons (Fsp3) is 0.722. The standard InChI is InChI=1S/C18H31BrN4O.HI/c1-5-20-17(21-14-18(7-8-18)9-10-24-6-2)23(4)13-16-11-15(19)12-22(16)3;/h11-12H,5-10,13-14H2,1-4H3,(H,20,21);1H. The molecule has 0 radical (unpaired) electrons. The minimum Gasteiger partial charge on any atom is -0.382 e. The van der Waals surface area contributed by atoms with Crippen LogP contribution in [0.25, 0.3) is 0 Å². The van der Waals surface area contributed by atoms with Crippen LogP contribution in [0, 0.1) is 5.41 Å². The molecular formula is C18H32BrIN4O. The van der Waals surface area contributed by atoms with Gasteiger partial charge in [-0.3, -0.25) is 4.99 Å². The van der Waals surface area contributed by atoms with Crippen molar-refractivity contribution in [2.45, 2.75) is 39.7 Å². The van der Waals surface area contributed by atoms with Gasteiger partial charge >= 0.3 is 0 Å². The molecule has 0 atom stereocenters. The summed E-state index contributed by atoms with van der Waals surface area (Å²) in [7, 11) is 4.17. The average Bonchev–Trinajstić information content (AvgIpc) is 3.23. The zero-order valence-corrected chi connectivity index (χ0v) is 19.8. The minimum atomic E-state index is 0. The molecule has 144 valence electrons. The molecule has 0 aromatic carbocycles. The second kappa shape index (κ2) is 10.8. The lowest BCUT2D eigenvalue weighted by molar-refractivity contribution is 0.129. The van der Waals surface area contributed by atoms with Crippen LogP contribution in [0.1, 0.15) is 38.8 Å². The van der Waals surface area contributed by atoms with Crippen molar-refractivity contribution in [2.24, 2.45) is 17.5 Å². The summed E-state index contributed by atoms with van der Waals surface area (Å²) in [4.78, 5) is 7.11. The molecule has 1 N–H and O–H groups in total. The van der Waals surface area contributed by atoms with Crippen molar-refractivity contribution in [2.75, 3.05) is 33.4 Å². The smallest absolute Gasteiger partial charge is 0.194 e. The summed E-state index contributed by atoms with van der Waals surface area (Å²) in [5.41, 5.74) is 1.64. The summed E-state index contributed by atoms with van der Waals surface area (Å²) < 4.78 is 8.79. The number of aromatic nitrogens is 1. The van der Waals surface area contributed by atoms with Gasteiger partial charge in [-0.1, -0.05) is 0 Å². The highest BCUT2D eigenvalue weighted by Gasteiger charge is 2.42. The van der Waals surface area contributed by atoms with E-state index >= 15 is 0 Å². The van der Waals surface area contributed by atoms with E-state index in [4.69, 9.17) is 9.73 Å². The van der Waals surface area contributed by atoms with E-state index in [-0.39, 0.29) is 24.0 Å². The Kier molecular flexibility index (Phi) is 9.80. The Labute approximate surface area is 177 Å². The first kappa shape index (κ1) is 22.8. The second-order valence-electron chi connectivity index (χ2n) is 6.73. The van der Waals surface area contributed by atoms with Crippen molar-refractivity contribution >= 4 is 45.9 Å². The molecule has 0 unspecified atom stereocenters. The molecule has 0 amide bonds. The van der Waals surface area contributed by atoms with E-state index in [0.29, 0.717) is 5.41 Å². The molecule has 1 heterocycles. The van der Waals surface area contributed by atoms with Gasteiger partial charge in [0.2, 0.25) is 0 Å². The van der Waals surface area contributed by atoms with E-state index in [1.165, 1.54) is 18.5 Å². The third-order valence-electron chi connectivity index (χ3n) is 4.67. The first-order valence-corrected chi connectivity index (χ1v) is 9.67. The fourth-order valence-electron chi connectivity index (χ4n) is 2.85. The maximum Gasteiger partial charge on any atom is 0.194 e. The summed E-state index contributed by atoms with van der Waals surface area (Å²) >= 11 is 3.54. The van der Waals surface area contributed by atoms with Gasteiger partial charge in [0, 0.05) is 56.8 Å². The largest absolute Gasteiger partial charge is 0.382 e. The summed E-state index contributed by atoms with van der Waals surface area (Å²) in [5, 5.41) is 3.42. The number of guanidine groups is 1. The Morgan fingerprint density at radius 2 is 2.16 bits per heavy atom. The number of hydrogen-bond acceptors (Lipinski definition) is 2. The molecule has 0 bridgehead atoms. The highest BCUT2D eigenvalue weighted by atomic mass is 127.